The van der Waals surface area contributed by atoms with Crippen molar-refractivity contribution in [3.05, 3.63) is 16.1 Å². The zero-order valence-electron chi connectivity index (χ0n) is 5.83. The fourth-order valence-electron chi connectivity index (χ4n) is 0.915. The van der Waals surface area contributed by atoms with Crippen molar-refractivity contribution < 1.29 is 4.74 Å². The van der Waals surface area contributed by atoms with Crippen molar-refractivity contribution in [1.82, 2.24) is 4.98 Å². The van der Waals surface area contributed by atoms with Crippen molar-refractivity contribution in [1.29, 1.82) is 0 Å². The first-order valence-electron chi connectivity index (χ1n) is 3.37. The first-order valence-corrected chi connectivity index (χ1v) is 4.25. The summed E-state index contributed by atoms with van der Waals surface area (Å²) in [5.74, 6) is 0. The summed E-state index contributed by atoms with van der Waals surface area (Å²) in [6, 6.07) is 0. The lowest BCUT2D eigenvalue weighted by atomic mass is 10.2. The maximum atomic E-state index is 5.12. The molecule has 0 N–H and O–H groups in total. The van der Waals surface area contributed by atoms with Crippen LogP contribution in [0.2, 0.25) is 0 Å². The number of rotatable bonds is 2. The van der Waals surface area contributed by atoms with E-state index in [9.17, 15) is 0 Å². The van der Waals surface area contributed by atoms with Crippen molar-refractivity contribution in [3.8, 4) is 0 Å². The van der Waals surface area contributed by atoms with E-state index in [0.29, 0.717) is 6.10 Å². The van der Waals surface area contributed by atoms with Crippen LogP contribution in [0.4, 0.5) is 0 Å². The second-order valence-electron chi connectivity index (χ2n) is 2.52. The third-order valence-corrected chi connectivity index (χ3v) is 2.62. The summed E-state index contributed by atoms with van der Waals surface area (Å²) in [6.45, 7) is 2.99. The Morgan fingerprint density at radius 1 is 1.90 bits per heavy atom. The van der Waals surface area contributed by atoms with Crippen molar-refractivity contribution in [2.75, 3.05) is 6.61 Å². The van der Waals surface area contributed by atoms with Gasteiger partial charge in [-0.25, -0.2) is 4.98 Å². The van der Waals surface area contributed by atoms with Crippen LogP contribution in [-0.2, 0) is 11.2 Å². The maximum absolute atomic E-state index is 5.12. The Bertz CT molecular complexity index is 229. The van der Waals surface area contributed by atoms with Crippen molar-refractivity contribution >= 4 is 11.3 Å². The van der Waals surface area contributed by atoms with Gasteiger partial charge in [-0.3, -0.25) is 0 Å². The Kier molecular flexibility index (Phi) is 1.47. The summed E-state index contributed by atoms with van der Waals surface area (Å²) in [7, 11) is 0. The fraction of sp³-hybridized carbons (Fsp3) is 0.571. The summed E-state index contributed by atoms with van der Waals surface area (Å²) < 4.78 is 5.12. The van der Waals surface area contributed by atoms with E-state index in [1.807, 2.05) is 12.4 Å². The highest BCUT2D eigenvalue weighted by atomic mass is 32.1. The van der Waals surface area contributed by atoms with Gasteiger partial charge >= 0.3 is 0 Å². The highest BCUT2D eigenvalue weighted by Crippen LogP contribution is 2.20. The first kappa shape index (κ1) is 6.31. The minimum atomic E-state index is 0.499. The van der Waals surface area contributed by atoms with Crippen LogP contribution >= 0.6 is 11.3 Å². The zero-order valence-corrected chi connectivity index (χ0v) is 6.65. The predicted octanol–water partition coefficient (Wildman–Crippen LogP) is 1.39. The molecule has 0 radical (unpaired) electrons. The zero-order chi connectivity index (χ0) is 6.97. The monoisotopic (exact) mass is 155 g/mol. The van der Waals surface area contributed by atoms with Crippen molar-refractivity contribution in [3.63, 3.8) is 0 Å². The highest BCUT2D eigenvalue weighted by Gasteiger charge is 2.23. The molecule has 1 aliphatic heterocycles. The van der Waals surface area contributed by atoms with Gasteiger partial charge in [0.05, 0.1) is 23.9 Å². The third-order valence-electron chi connectivity index (χ3n) is 1.66. The fourth-order valence-corrected chi connectivity index (χ4v) is 1.76. The van der Waals surface area contributed by atoms with Gasteiger partial charge in [0.2, 0.25) is 0 Å². The van der Waals surface area contributed by atoms with E-state index in [4.69, 9.17) is 4.74 Å². The number of hydrogen-bond acceptors (Lipinski definition) is 3. The molecular weight excluding hydrogens is 146 g/mol. The van der Waals surface area contributed by atoms with Crippen LogP contribution < -0.4 is 0 Å². The lowest BCUT2D eigenvalue weighted by Crippen LogP contribution is -1.91. The highest BCUT2D eigenvalue weighted by molar-refractivity contribution is 7.09. The molecule has 54 valence electrons. The van der Waals surface area contributed by atoms with Gasteiger partial charge in [-0.1, -0.05) is 0 Å². The number of ether oxygens (including phenoxy) is 1. The van der Waals surface area contributed by atoms with Crippen LogP contribution in [0.1, 0.15) is 10.6 Å². The van der Waals surface area contributed by atoms with Gasteiger partial charge in [-0.2, -0.15) is 0 Å². The molecule has 10 heavy (non-hydrogen) atoms. The number of aromatic nitrogens is 1. The first-order chi connectivity index (χ1) is 4.86. The van der Waals surface area contributed by atoms with Gasteiger partial charge in [0, 0.05) is 11.3 Å². The summed E-state index contributed by atoms with van der Waals surface area (Å²) in [5.41, 5.74) is 3.06. The van der Waals surface area contributed by atoms with Gasteiger partial charge in [0.15, 0.2) is 0 Å². The Morgan fingerprint density at radius 3 is 3.20 bits per heavy atom. The Labute approximate surface area is 63.9 Å². The molecule has 1 unspecified atom stereocenters. The normalized spacial score (nSPS) is 23.1. The molecular formula is C7H9NOS. The molecule has 0 aliphatic carbocycles. The Balaban J connectivity index is 2.08. The molecule has 0 spiro atoms. The Morgan fingerprint density at radius 2 is 2.70 bits per heavy atom. The number of hydrogen-bond donors (Lipinski definition) is 0. The van der Waals surface area contributed by atoms with Crippen LogP contribution in [0.5, 0.6) is 0 Å². The smallest absolute Gasteiger partial charge is 0.0858 e. The van der Waals surface area contributed by atoms with E-state index in [1.165, 1.54) is 10.6 Å². The molecule has 0 bridgehead atoms. The second kappa shape index (κ2) is 2.32. The van der Waals surface area contributed by atoms with Crippen LogP contribution in [0, 0.1) is 6.92 Å². The molecule has 1 aliphatic rings. The predicted molar refractivity (Wildman–Crippen MR) is 40.3 cm³/mol. The number of epoxide rings is 1. The number of thiazole rings is 1. The van der Waals surface area contributed by atoms with Gasteiger partial charge < -0.3 is 4.74 Å². The molecule has 1 aromatic rings. The standard InChI is InChI=1S/C7H9NOS/c1-5-7(10-4-8-5)2-6-3-9-6/h4,6H,2-3H2,1H3. The lowest BCUT2D eigenvalue weighted by molar-refractivity contribution is 0.408. The van der Waals surface area contributed by atoms with Crippen molar-refractivity contribution in [2.24, 2.45) is 0 Å². The molecule has 3 heteroatoms. The SMILES string of the molecule is Cc1ncsc1CC1CO1. The molecule has 2 rings (SSSR count). The number of aryl methyl sites for hydroxylation is 1. The lowest BCUT2D eigenvalue weighted by Gasteiger charge is -1.90. The van der Waals surface area contributed by atoms with Crippen LogP contribution in [0.25, 0.3) is 0 Å². The number of nitrogens with zero attached hydrogens (tertiary/aromatic N) is 1. The van der Waals surface area contributed by atoms with Crippen LogP contribution in [0.15, 0.2) is 5.51 Å². The molecule has 1 aromatic heterocycles. The summed E-state index contributed by atoms with van der Waals surface area (Å²) in [4.78, 5) is 5.54. The molecule has 2 nitrogen and oxygen atoms in total. The largest absolute Gasteiger partial charge is 0.373 e. The van der Waals surface area contributed by atoms with E-state index >= 15 is 0 Å². The van der Waals surface area contributed by atoms with Crippen LogP contribution in [-0.4, -0.2) is 17.7 Å². The average Bonchev–Trinajstić information content (AvgIpc) is 2.62. The van der Waals surface area contributed by atoms with E-state index in [1.54, 1.807) is 11.3 Å². The van der Waals surface area contributed by atoms with Gasteiger partial charge in [0.25, 0.3) is 0 Å². The van der Waals surface area contributed by atoms with Crippen LogP contribution in [0.3, 0.4) is 0 Å². The molecule has 0 aromatic carbocycles. The van der Waals surface area contributed by atoms with E-state index in [2.05, 4.69) is 4.98 Å². The minimum absolute atomic E-state index is 0.499. The third kappa shape index (κ3) is 1.20. The molecule has 0 saturated carbocycles. The Hall–Kier alpha value is -0.410. The maximum Gasteiger partial charge on any atom is 0.0858 e. The quantitative estimate of drug-likeness (QED) is 0.603. The van der Waals surface area contributed by atoms with E-state index in [0.717, 1.165) is 13.0 Å². The molecule has 1 saturated heterocycles. The van der Waals surface area contributed by atoms with Crippen molar-refractivity contribution in [2.45, 2.75) is 19.4 Å². The average molecular weight is 155 g/mol. The van der Waals surface area contributed by atoms with Gasteiger partial charge in [-0.05, 0) is 6.92 Å². The molecule has 2 heterocycles. The van der Waals surface area contributed by atoms with Gasteiger partial charge in [0.1, 0.15) is 0 Å². The summed E-state index contributed by atoms with van der Waals surface area (Å²) >= 11 is 1.73. The summed E-state index contributed by atoms with van der Waals surface area (Å²) in [5, 5.41) is 0. The molecule has 1 atom stereocenters. The summed E-state index contributed by atoms with van der Waals surface area (Å²) in [6.07, 6.45) is 1.57. The molecule has 0 amide bonds. The second-order valence-corrected chi connectivity index (χ2v) is 3.46. The minimum Gasteiger partial charge on any atom is -0.373 e. The molecule has 1 fully saturated rings. The van der Waals surface area contributed by atoms with E-state index < -0.39 is 0 Å². The van der Waals surface area contributed by atoms with Gasteiger partial charge in [-0.15, -0.1) is 11.3 Å². The van der Waals surface area contributed by atoms with E-state index in [-0.39, 0.29) is 0 Å². The topological polar surface area (TPSA) is 25.4 Å².